The molecule has 0 aliphatic heterocycles. The van der Waals surface area contributed by atoms with Crippen LogP contribution in [-0.4, -0.2) is 96.7 Å². The first-order chi connectivity index (χ1) is 40.1. The largest absolute Gasteiger partial charge is 0.472 e. The van der Waals surface area contributed by atoms with E-state index < -0.39 is 97.5 Å². The molecule has 0 spiro atoms. The molecule has 0 amide bonds. The second-order valence-corrected chi connectivity index (χ2v) is 26.3. The van der Waals surface area contributed by atoms with Gasteiger partial charge in [-0.05, 0) is 31.6 Å². The number of carbonyl (C=O) groups is 4. The van der Waals surface area contributed by atoms with Crippen molar-refractivity contribution in [2.45, 2.75) is 342 Å². The highest BCUT2D eigenvalue weighted by atomic mass is 31.2. The van der Waals surface area contributed by atoms with Crippen LogP contribution in [-0.2, 0) is 65.4 Å². The average Bonchev–Trinajstić information content (AvgIpc) is 3.51. The van der Waals surface area contributed by atoms with Crippen LogP contribution in [0.4, 0.5) is 0 Å². The molecule has 19 heteroatoms. The van der Waals surface area contributed by atoms with E-state index in [1.165, 1.54) is 141 Å². The van der Waals surface area contributed by atoms with Crippen LogP contribution in [0.3, 0.4) is 0 Å². The summed E-state index contributed by atoms with van der Waals surface area (Å²) in [5, 5.41) is 10.5. The van der Waals surface area contributed by atoms with E-state index in [4.69, 9.17) is 37.0 Å². The van der Waals surface area contributed by atoms with Crippen molar-refractivity contribution < 1.29 is 80.2 Å². The highest BCUT2D eigenvalue weighted by molar-refractivity contribution is 7.47. The molecule has 0 saturated carbocycles. The number of ether oxygens (including phenoxy) is 4. The number of carbonyl (C=O) groups excluding carboxylic acids is 4. The fourth-order valence-corrected chi connectivity index (χ4v) is 11.1. The summed E-state index contributed by atoms with van der Waals surface area (Å²) in [6.45, 7) is 7.12. The van der Waals surface area contributed by atoms with Gasteiger partial charge in [-0.3, -0.25) is 37.3 Å². The van der Waals surface area contributed by atoms with Crippen molar-refractivity contribution in [2.24, 2.45) is 5.92 Å². The summed E-state index contributed by atoms with van der Waals surface area (Å²) in [5.41, 5.74) is 0. The summed E-state index contributed by atoms with van der Waals surface area (Å²) in [4.78, 5) is 72.0. The smallest absolute Gasteiger partial charge is 0.462 e. The molecule has 0 saturated heterocycles. The number of aliphatic hydroxyl groups excluding tert-OH is 1. The number of hydrogen-bond acceptors (Lipinski definition) is 15. The Hall–Kier alpha value is -1.94. The fraction of sp³-hybridized carbons (Fsp3) is 0.938. The van der Waals surface area contributed by atoms with Crippen molar-refractivity contribution in [3.05, 3.63) is 0 Å². The lowest BCUT2D eigenvalue weighted by Crippen LogP contribution is -2.30. The molecule has 83 heavy (non-hydrogen) atoms. The van der Waals surface area contributed by atoms with Gasteiger partial charge in [0.05, 0.1) is 26.4 Å². The third kappa shape index (κ3) is 57.6. The number of phosphoric ester groups is 2. The topological polar surface area (TPSA) is 237 Å². The highest BCUT2D eigenvalue weighted by Gasteiger charge is 2.30. The third-order valence-electron chi connectivity index (χ3n) is 15.1. The molecule has 0 aliphatic rings. The summed E-state index contributed by atoms with van der Waals surface area (Å²) < 4.78 is 67.8. The quantitative estimate of drug-likeness (QED) is 0.0222. The van der Waals surface area contributed by atoms with Gasteiger partial charge < -0.3 is 33.8 Å². The Morgan fingerprint density at radius 2 is 0.578 bits per heavy atom. The third-order valence-corrected chi connectivity index (χ3v) is 17.0. The van der Waals surface area contributed by atoms with Crippen LogP contribution < -0.4 is 0 Å². The van der Waals surface area contributed by atoms with Gasteiger partial charge >= 0.3 is 39.5 Å². The van der Waals surface area contributed by atoms with Crippen molar-refractivity contribution in [3.63, 3.8) is 0 Å². The van der Waals surface area contributed by atoms with E-state index in [-0.39, 0.29) is 25.7 Å². The zero-order valence-electron chi connectivity index (χ0n) is 53.3. The fourth-order valence-electron chi connectivity index (χ4n) is 9.55. The molecule has 0 radical (unpaired) electrons. The maximum absolute atomic E-state index is 13.0. The van der Waals surface area contributed by atoms with Crippen molar-refractivity contribution in [1.29, 1.82) is 0 Å². The first-order valence-electron chi connectivity index (χ1n) is 33.7. The Morgan fingerprint density at radius 1 is 0.337 bits per heavy atom. The summed E-state index contributed by atoms with van der Waals surface area (Å²) in [6.07, 6.45) is 41.9. The standard InChI is InChI=1S/C64H124O17P2/c1-6-10-13-16-18-20-22-23-24-25-27-29-35-40-45-50-64(69)81-60(54-75-62(67)48-43-38-33-31-30-32-37-41-46-57(5)9-4)56-79-83(72,73)77-52-58(65)51-76-82(70,71)78-55-59(53-74-61(66)47-42-36-15-12-8-3)80-63(68)49-44-39-34-28-26-21-19-17-14-11-7-2/h57-60,65H,6-56H2,1-5H3,(H,70,71)(H,72,73)/t57?,58-,59+,60+/m0/s1. The number of unbranched alkanes of at least 4 members (excludes halogenated alkanes) is 35. The Labute approximate surface area is 505 Å². The number of rotatable bonds is 64. The molecular formula is C64H124O17P2. The Kier molecular flexibility index (Phi) is 56.4. The lowest BCUT2D eigenvalue weighted by Gasteiger charge is -2.21. The van der Waals surface area contributed by atoms with Crippen LogP contribution in [0.25, 0.3) is 0 Å². The second kappa shape index (κ2) is 57.8. The van der Waals surface area contributed by atoms with E-state index >= 15 is 0 Å². The van der Waals surface area contributed by atoms with Crippen LogP contribution in [0.2, 0.25) is 0 Å². The molecule has 17 nitrogen and oxygen atoms in total. The van der Waals surface area contributed by atoms with E-state index in [0.29, 0.717) is 25.7 Å². The van der Waals surface area contributed by atoms with Gasteiger partial charge in [-0.25, -0.2) is 9.13 Å². The first kappa shape index (κ1) is 81.1. The average molecular weight is 1230 g/mol. The molecule has 0 heterocycles. The van der Waals surface area contributed by atoms with Gasteiger partial charge in [-0.2, -0.15) is 0 Å². The molecule has 3 N–H and O–H groups in total. The molecule has 0 aromatic carbocycles. The second-order valence-electron chi connectivity index (χ2n) is 23.4. The maximum atomic E-state index is 13.0. The minimum atomic E-state index is -4.94. The number of esters is 4. The van der Waals surface area contributed by atoms with Gasteiger partial charge in [-0.15, -0.1) is 0 Å². The molecular weight excluding hydrogens is 1100 g/mol. The molecule has 0 fully saturated rings. The predicted octanol–water partition coefficient (Wildman–Crippen LogP) is 17.8. The van der Waals surface area contributed by atoms with Crippen LogP contribution >= 0.6 is 15.6 Å². The van der Waals surface area contributed by atoms with E-state index in [2.05, 4.69) is 34.6 Å². The minimum Gasteiger partial charge on any atom is -0.462 e. The molecule has 0 aliphatic carbocycles. The van der Waals surface area contributed by atoms with Crippen LogP contribution in [0.5, 0.6) is 0 Å². The molecule has 6 atom stereocenters. The Balaban J connectivity index is 5.18. The van der Waals surface area contributed by atoms with Gasteiger partial charge in [0, 0.05) is 25.7 Å². The summed E-state index contributed by atoms with van der Waals surface area (Å²) in [5.74, 6) is -1.36. The van der Waals surface area contributed by atoms with Gasteiger partial charge in [0.2, 0.25) is 0 Å². The van der Waals surface area contributed by atoms with Gasteiger partial charge in [0.25, 0.3) is 0 Å². The molecule has 0 rings (SSSR count). The zero-order chi connectivity index (χ0) is 61.3. The van der Waals surface area contributed by atoms with Crippen molar-refractivity contribution in [2.75, 3.05) is 39.6 Å². The number of phosphoric acid groups is 2. The Bertz CT molecular complexity index is 1620. The van der Waals surface area contributed by atoms with Gasteiger partial charge in [-0.1, -0.05) is 272 Å². The summed E-state index contributed by atoms with van der Waals surface area (Å²) in [7, 11) is -9.88. The highest BCUT2D eigenvalue weighted by Crippen LogP contribution is 2.45. The number of aliphatic hydroxyl groups is 1. The van der Waals surface area contributed by atoms with Crippen molar-refractivity contribution >= 4 is 39.5 Å². The lowest BCUT2D eigenvalue weighted by atomic mass is 9.99. The van der Waals surface area contributed by atoms with E-state index in [1.807, 2.05) is 0 Å². The van der Waals surface area contributed by atoms with Crippen LogP contribution in [0.1, 0.15) is 324 Å². The monoisotopic (exact) mass is 1230 g/mol. The van der Waals surface area contributed by atoms with Crippen LogP contribution in [0, 0.1) is 5.92 Å². The summed E-state index contributed by atoms with van der Waals surface area (Å²) >= 11 is 0. The lowest BCUT2D eigenvalue weighted by molar-refractivity contribution is -0.161. The number of hydrogen-bond donors (Lipinski definition) is 3. The SMILES string of the molecule is CCCCCCCCCCCCCCCCCC(=O)O[C@H](COC(=O)CCCCCCCCCCC(C)CC)COP(=O)(O)OC[C@@H](O)COP(=O)(O)OC[C@@H](COC(=O)CCCCCCC)OC(=O)CCCCCCCCCCCCC. The Morgan fingerprint density at radius 3 is 0.855 bits per heavy atom. The van der Waals surface area contributed by atoms with Crippen molar-refractivity contribution in [3.8, 4) is 0 Å². The molecule has 492 valence electrons. The van der Waals surface area contributed by atoms with Crippen LogP contribution in [0.15, 0.2) is 0 Å². The maximum Gasteiger partial charge on any atom is 0.472 e. The summed E-state index contributed by atoms with van der Waals surface area (Å²) in [6, 6.07) is 0. The zero-order valence-corrected chi connectivity index (χ0v) is 55.1. The van der Waals surface area contributed by atoms with Crippen molar-refractivity contribution in [1.82, 2.24) is 0 Å². The van der Waals surface area contributed by atoms with E-state index in [0.717, 1.165) is 102 Å². The van der Waals surface area contributed by atoms with Gasteiger partial charge in [0.15, 0.2) is 12.2 Å². The van der Waals surface area contributed by atoms with E-state index in [9.17, 15) is 43.2 Å². The normalized spacial score (nSPS) is 14.6. The molecule has 0 aromatic heterocycles. The minimum absolute atomic E-state index is 0.106. The molecule has 3 unspecified atom stereocenters. The molecule has 0 bridgehead atoms. The molecule has 0 aromatic rings. The van der Waals surface area contributed by atoms with Gasteiger partial charge in [0.1, 0.15) is 19.3 Å². The first-order valence-corrected chi connectivity index (χ1v) is 36.7. The van der Waals surface area contributed by atoms with E-state index in [1.54, 1.807) is 0 Å². The predicted molar refractivity (Wildman–Crippen MR) is 331 cm³/mol.